The molecule has 32 heavy (non-hydrogen) atoms. The number of nitrogens with zero attached hydrogens (tertiary/aromatic N) is 3. The first kappa shape index (κ1) is 20.8. The van der Waals surface area contributed by atoms with Crippen molar-refractivity contribution in [1.29, 1.82) is 0 Å². The number of anilines is 3. The van der Waals surface area contributed by atoms with Crippen molar-refractivity contribution in [2.75, 3.05) is 17.7 Å². The number of methoxy groups -OCH3 is 1. The fraction of sp³-hybridized carbons (Fsp3) is 0.0833. The molecule has 8 nitrogen and oxygen atoms in total. The highest BCUT2D eigenvalue weighted by Crippen LogP contribution is 2.35. The summed E-state index contributed by atoms with van der Waals surface area (Å²) in [4.78, 5) is 19.9. The Kier molecular flexibility index (Phi) is 6.22. The standard InChI is InChI=1S/C24H21N5O3/c1-32-20-14-8-13-19(15-20)27-23-22(29(30)31)24(26-16-25-23)28-21(17-9-4-2-5-10-17)18-11-6-3-7-12-18/h2-16,21H,1H3,(H2,25,26,27,28). The number of benzene rings is 3. The van der Waals surface area contributed by atoms with Gasteiger partial charge in [-0.05, 0) is 23.3 Å². The lowest BCUT2D eigenvalue weighted by Gasteiger charge is -2.20. The highest BCUT2D eigenvalue weighted by Gasteiger charge is 2.26. The Morgan fingerprint density at radius 1 is 0.875 bits per heavy atom. The number of hydrogen-bond donors (Lipinski definition) is 2. The van der Waals surface area contributed by atoms with Crippen LogP contribution >= 0.6 is 0 Å². The van der Waals surface area contributed by atoms with Gasteiger partial charge < -0.3 is 15.4 Å². The molecule has 8 heteroatoms. The van der Waals surface area contributed by atoms with Crippen LogP contribution in [0.1, 0.15) is 17.2 Å². The third-order valence-electron chi connectivity index (χ3n) is 4.88. The van der Waals surface area contributed by atoms with Gasteiger partial charge in [0.15, 0.2) is 0 Å². The van der Waals surface area contributed by atoms with E-state index in [4.69, 9.17) is 4.74 Å². The molecule has 0 spiro atoms. The number of nitrogens with one attached hydrogen (secondary N) is 2. The van der Waals surface area contributed by atoms with Gasteiger partial charge in [0.2, 0.25) is 11.6 Å². The molecule has 160 valence electrons. The minimum Gasteiger partial charge on any atom is -0.497 e. The fourth-order valence-electron chi connectivity index (χ4n) is 3.37. The maximum absolute atomic E-state index is 12.0. The lowest BCUT2D eigenvalue weighted by Crippen LogP contribution is -2.15. The summed E-state index contributed by atoms with van der Waals surface area (Å²) in [6.45, 7) is 0. The average molecular weight is 427 g/mol. The highest BCUT2D eigenvalue weighted by molar-refractivity contribution is 5.74. The van der Waals surface area contributed by atoms with Crippen LogP contribution in [-0.4, -0.2) is 22.0 Å². The Morgan fingerprint density at radius 2 is 1.50 bits per heavy atom. The summed E-state index contributed by atoms with van der Waals surface area (Å²) in [5.41, 5.74) is 2.27. The van der Waals surface area contributed by atoms with Gasteiger partial charge in [-0.3, -0.25) is 10.1 Å². The molecule has 4 rings (SSSR count). The highest BCUT2D eigenvalue weighted by atomic mass is 16.6. The SMILES string of the molecule is COc1cccc(Nc2ncnc(NC(c3ccccc3)c3ccccc3)c2[N+](=O)[O-])c1. The maximum Gasteiger partial charge on any atom is 0.353 e. The number of nitro groups is 1. The predicted molar refractivity (Wildman–Crippen MR) is 123 cm³/mol. The Hall–Kier alpha value is -4.46. The summed E-state index contributed by atoms with van der Waals surface area (Å²) < 4.78 is 5.23. The molecule has 0 fully saturated rings. The van der Waals surface area contributed by atoms with Crippen LogP contribution < -0.4 is 15.4 Å². The summed E-state index contributed by atoms with van der Waals surface area (Å²) in [6, 6.07) is 26.2. The first-order chi connectivity index (χ1) is 15.7. The zero-order chi connectivity index (χ0) is 22.3. The Balaban J connectivity index is 1.73. The van der Waals surface area contributed by atoms with Gasteiger partial charge >= 0.3 is 5.69 Å². The number of hydrogen-bond acceptors (Lipinski definition) is 7. The molecule has 0 saturated carbocycles. The molecule has 0 atom stereocenters. The van der Waals surface area contributed by atoms with Gasteiger partial charge in [0.05, 0.1) is 18.1 Å². The second kappa shape index (κ2) is 9.57. The van der Waals surface area contributed by atoms with Crippen molar-refractivity contribution in [3.63, 3.8) is 0 Å². The molecule has 1 heterocycles. The molecule has 1 aromatic heterocycles. The van der Waals surface area contributed by atoms with Crippen molar-refractivity contribution in [1.82, 2.24) is 9.97 Å². The number of aromatic nitrogens is 2. The molecule has 0 bridgehead atoms. The number of ether oxygens (including phenoxy) is 1. The fourth-order valence-corrected chi connectivity index (χ4v) is 3.37. The van der Waals surface area contributed by atoms with Crippen LogP contribution in [0.2, 0.25) is 0 Å². The van der Waals surface area contributed by atoms with E-state index in [1.807, 2.05) is 60.7 Å². The van der Waals surface area contributed by atoms with Crippen LogP contribution in [0.15, 0.2) is 91.3 Å². The third kappa shape index (κ3) is 4.65. The van der Waals surface area contributed by atoms with Gasteiger partial charge in [-0.1, -0.05) is 66.7 Å². The monoisotopic (exact) mass is 427 g/mol. The van der Waals surface area contributed by atoms with Crippen molar-refractivity contribution in [2.24, 2.45) is 0 Å². The zero-order valence-electron chi connectivity index (χ0n) is 17.3. The maximum atomic E-state index is 12.0. The van der Waals surface area contributed by atoms with Crippen molar-refractivity contribution >= 4 is 23.0 Å². The molecule has 0 aliphatic carbocycles. The lowest BCUT2D eigenvalue weighted by molar-refractivity contribution is -0.383. The van der Waals surface area contributed by atoms with E-state index in [0.717, 1.165) is 11.1 Å². The molecule has 3 aromatic carbocycles. The molecular formula is C24H21N5O3. The largest absolute Gasteiger partial charge is 0.497 e. The van der Waals surface area contributed by atoms with Crippen LogP contribution in [-0.2, 0) is 0 Å². The van der Waals surface area contributed by atoms with Gasteiger partial charge in [-0.25, -0.2) is 9.97 Å². The van der Waals surface area contributed by atoms with Gasteiger partial charge in [0.1, 0.15) is 12.1 Å². The summed E-state index contributed by atoms with van der Waals surface area (Å²) in [6.07, 6.45) is 1.30. The van der Waals surface area contributed by atoms with E-state index < -0.39 is 4.92 Å². The van der Waals surface area contributed by atoms with Gasteiger partial charge in [0.25, 0.3) is 0 Å². The van der Waals surface area contributed by atoms with E-state index >= 15 is 0 Å². The molecule has 0 aliphatic heterocycles. The van der Waals surface area contributed by atoms with Crippen LogP contribution in [0, 0.1) is 10.1 Å². The second-order valence-corrected chi connectivity index (χ2v) is 6.93. The summed E-state index contributed by atoms with van der Waals surface area (Å²) >= 11 is 0. The predicted octanol–water partition coefficient (Wildman–Crippen LogP) is 5.34. The van der Waals surface area contributed by atoms with E-state index in [-0.39, 0.29) is 23.4 Å². The van der Waals surface area contributed by atoms with Crippen molar-refractivity contribution in [2.45, 2.75) is 6.04 Å². The van der Waals surface area contributed by atoms with E-state index in [9.17, 15) is 10.1 Å². The Labute approximate surface area is 185 Å². The normalized spacial score (nSPS) is 10.6. The van der Waals surface area contributed by atoms with E-state index in [2.05, 4.69) is 20.6 Å². The molecule has 0 amide bonds. The van der Waals surface area contributed by atoms with E-state index in [0.29, 0.717) is 11.4 Å². The second-order valence-electron chi connectivity index (χ2n) is 6.93. The van der Waals surface area contributed by atoms with E-state index in [1.165, 1.54) is 6.33 Å². The molecule has 2 N–H and O–H groups in total. The summed E-state index contributed by atoms with van der Waals surface area (Å²) in [5.74, 6) is 0.826. The molecule has 0 saturated heterocycles. The zero-order valence-corrected chi connectivity index (χ0v) is 17.3. The molecule has 0 unspecified atom stereocenters. The summed E-state index contributed by atoms with van der Waals surface area (Å²) in [7, 11) is 1.56. The minimum atomic E-state index is -0.488. The van der Waals surface area contributed by atoms with Gasteiger partial charge in [-0.2, -0.15) is 0 Å². The lowest BCUT2D eigenvalue weighted by atomic mass is 9.99. The van der Waals surface area contributed by atoms with Crippen LogP contribution in [0.5, 0.6) is 5.75 Å². The smallest absolute Gasteiger partial charge is 0.353 e. The van der Waals surface area contributed by atoms with Gasteiger partial charge in [-0.15, -0.1) is 0 Å². The van der Waals surface area contributed by atoms with Crippen molar-refractivity contribution in [3.05, 3.63) is 112 Å². The Bertz CT molecular complexity index is 1160. The topological polar surface area (TPSA) is 102 Å². The third-order valence-corrected chi connectivity index (χ3v) is 4.88. The average Bonchev–Trinajstić information content (AvgIpc) is 2.83. The summed E-state index contributed by atoms with van der Waals surface area (Å²) in [5, 5.41) is 18.3. The molecule has 0 aliphatic rings. The van der Waals surface area contributed by atoms with Crippen molar-refractivity contribution < 1.29 is 9.66 Å². The first-order valence-electron chi connectivity index (χ1n) is 9.92. The number of rotatable bonds is 8. The van der Waals surface area contributed by atoms with Crippen LogP contribution in [0.4, 0.5) is 23.0 Å². The quantitative estimate of drug-likeness (QED) is 0.289. The van der Waals surface area contributed by atoms with E-state index in [1.54, 1.807) is 31.4 Å². The van der Waals surface area contributed by atoms with Gasteiger partial charge in [0, 0.05) is 11.8 Å². The van der Waals surface area contributed by atoms with Crippen LogP contribution in [0.3, 0.4) is 0 Å². The minimum absolute atomic E-state index is 0.0839. The molecule has 0 radical (unpaired) electrons. The molecular weight excluding hydrogens is 406 g/mol. The molecule has 4 aromatic rings. The first-order valence-corrected chi connectivity index (χ1v) is 9.92. The van der Waals surface area contributed by atoms with Crippen molar-refractivity contribution in [3.8, 4) is 5.75 Å². The Morgan fingerprint density at radius 3 is 2.09 bits per heavy atom. The van der Waals surface area contributed by atoms with Crippen LogP contribution in [0.25, 0.3) is 0 Å².